The predicted octanol–water partition coefficient (Wildman–Crippen LogP) is 1.87. The van der Waals surface area contributed by atoms with Crippen LogP contribution in [-0.4, -0.2) is 46.6 Å². The van der Waals surface area contributed by atoms with Crippen LogP contribution in [0.15, 0.2) is 30.3 Å². The van der Waals surface area contributed by atoms with E-state index in [1.807, 2.05) is 44.2 Å². The standard InChI is InChI=1S/C16H27NO3S/c1-13(9-10-21(3)19)17-11-16(18)12-20-14(2)15-7-5-4-6-8-15/h4-8,13-14,16-18H,9-12H2,1-3H3. The molecule has 0 saturated heterocycles. The molecule has 0 aliphatic rings. The van der Waals surface area contributed by atoms with Crippen LogP contribution in [0.2, 0.25) is 0 Å². The number of nitrogens with one attached hydrogen (secondary N) is 1. The smallest absolute Gasteiger partial charge is 0.0898 e. The van der Waals surface area contributed by atoms with Crippen molar-refractivity contribution >= 4 is 10.8 Å². The fourth-order valence-electron chi connectivity index (χ4n) is 1.92. The SMILES string of the molecule is CC(CCS(C)=O)NCC(O)COC(C)c1ccccc1. The third-order valence-corrected chi connectivity index (χ3v) is 4.16. The third kappa shape index (κ3) is 8.31. The van der Waals surface area contributed by atoms with Crippen molar-refractivity contribution in [2.75, 3.05) is 25.2 Å². The second-order valence-corrected chi connectivity index (χ2v) is 6.97. The summed E-state index contributed by atoms with van der Waals surface area (Å²) in [5.41, 5.74) is 1.11. The quantitative estimate of drug-likeness (QED) is 0.692. The van der Waals surface area contributed by atoms with Gasteiger partial charge < -0.3 is 15.2 Å². The summed E-state index contributed by atoms with van der Waals surface area (Å²) in [4.78, 5) is 0. The highest BCUT2D eigenvalue weighted by Crippen LogP contribution is 2.15. The van der Waals surface area contributed by atoms with E-state index in [0.29, 0.717) is 18.9 Å². The summed E-state index contributed by atoms with van der Waals surface area (Å²) < 4.78 is 16.7. The molecule has 4 nitrogen and oxygen atoms in total. The van der Waals surface area contributed by atoms with Gasteiger partial charge in [-0.2, -0.15) is 0 Å². The summed E-state index contributed by atoms with van der Waals surface area (Å²) in [6, 6.07) is 10.2. The van der Waals surface area contributed by atoms with Crippen LogP contribution in [0.25, 0.3) is 0 Å². The summed E-state index contributed by atoms with van der Waals surface area (Å²) in [5, 5.41) is 13.2. The van der Waals surface area contributed by atoms with Crippen LogP contribution in [-0.2, 0) is 15.5 Å². The van der Waals surface area contributed by atoms with Crippen molar-refractivity contribution in [1.29, 1.82) is 0 Å². The molecule has 4 unspecified atom stereocenters. The molecule has 0 aliphatic heterocycles. The first kappa shape index (κ1) is 18.3. The van der Waals surface area contributed by atoms with Crippen molar-refractivity contribution in [2.24, 2.45) is 0 Å². The highest BCUT2D eigenvalue weighted by Gasteiger charge is 2.11. The fourth-order valence-corrected chi connectivity index (χ4v) is 2.60. The van der Waals surface area contributed by atoms with E-state index in [9.17, 15) is 9.32 Å². The van der Waals surface area contributed by atoms with Gasteiger partial charge in [0.15, 0.2) is 0 Å². The molecule has 0 amide bonds. The minimum atomic E-state index is -0.758. The van der Waals surface area contributed by atoms with Crippen LogP contribution in [0.3, 0.4) is 0 Å². The summed E-state index contributed by atoms with van der Waals surface area (Å²) in [5.74, 6) is 0.686. The normalized spacial score (nSPS) is 17.1. The number of hydrogen-bond acceptors (Lipinski definition) is 4. The van der Waals surface area contributed by atoms with E-state index in [1.165, 1.54) is 0 Å². The summed E-state index contributed by atoms with van der Waals surface area (Å²) in [6.07, 6.45) is 1.99. The molecule has 0 spiro atoms. The number of aliphatic hydroxyl groups excluding tert-OH is 1. The van der Waals surface area contributed by atoms with Gasteiger partial charge in [-0.15, -0.1) is 0 Å². The minimum Gasteiger partial charge on any atom is -0.389 e. The van der Waals surface area contributed by atoms with E-state index in [-0.39, 0.29) is 12.1 Å². The van der Waals surface area contributed by atoms with E-state index in [0.717, 1.165) is 12.0 Å². The first-order chi connectivity index (χ1) is 9.99. The Labute approximate surface area is 130 Å². The highest BCUT2D eigenvalue weighted by molar-refractivity contribution is 7.84. The molecule has 0 bridgehead atoms. The van der Waals surface area contributed by atoms with E-state index in [1.54, 1.807) is 6.26 Å². The summed E-state index contributed by atoms with van der Waals surface area (Å²) in [7, 11) is -0.758. The van der Waals surface area contributed by atoms with Gasteiger partial charge in [-0.25, -0.2) is 0 Å². The zero-order chi connectivity index (χ0) is 15.7. The number of rotatable bonds is 10. The summed E-state index contributed by atoms with van der Waals surface area (Å²) >= 11 is 0. The minimum absolute atomic E-state index is 0.0270. The van der Waals surface area contributed by atoms with Crippen molar-refractivity contribution in [2.45, 2.75) is 38.5 Å². The second-order valence-electron chi connectivity index (χ2n) is 5.42. The largest absolute Gasteiger partial charge is 0.389 e. The van der Waals surface area contributed by atoms with Gasteiger partial charge in [-0.1, -0.05) is 30.3 Å². The lowest BCUT2D eigenvalue weighted by Crippen LogP contribution is -2.36. The summed E-state index contributed by atoms with van der Waals surface area (Å²) in [6.45, 7) is 4.80. The maximum Gasteiger partial charge on any atom is 0.0898 e. The van der Waals surface area contributed by atoms with Gasteiger partial charge >= 0.3 is 0 Å². The number of aliphatic hydroxyl groups is 1. The van der Waals surface area contributed by atoms with Gasteiger partial charge in [-0.3, -0.25) is 4.21 Å². The molecule has 0 heterocycles. The first-order valence-corrected chi connectivity index (χ1v) is 9.09. The van der Waals surface area contributed by atoms with Gasteiger partial charge in [0.05, 0.1) is 18.8 Å². The molecule has 0 radical (unpaired) electrons. The van der Waals surface area contributed by atoms with Crippen molar-refractivity contribution in [3.63, 3.8) is 0 Å². The topological polar surface area (TPSA) is 58.6 Å². The maximum absolute atomic E-state index is 11.0. The molecule has 0 aromatic heterocycles. The van der Waals surface area contributed by atoms with Crippen LogP contribution in [0.5, 0.6) is 0 Å². The van der Waals surface area contributed by atoms with Gasteiger partial charge in [0.2, 0.25) is 0 Å². The van der Waals surface area contributed by atoms with Gasteiger partial charge in [0.1, 0.15) is 0 Å². The van der Waals surface area contributed by atoms with Gasteiger partial charge in [0, 0.05) is 35.4 Å². The molecule has 4 atom stereocenters. The average molecular weight is 313 g/mol. The molecule has 0 saturated carbocycles. The van der Waals surface area contributed by atoms with E-state index in [4.69, 9.17) is 4.74 Å². The molecule has 0 fully saturated rings. The first-order valence-electron chi connectivity index (χ1n) is 7.37. The number of benzene rings is 1. The monoisotopic (exact) mass is 313 g/mol. The highest BCUT2D eigenvalue weighted by atomic mass is 32.2. The third-order valence-electron chi connectivity index (χ3n) is 3.35. The lowest BCUT2D eigenvalue weighted by atomic mass is 10.1. The lowest BCUT2D eigenvalue weighted by Gasteiger charge is -2.19. The molecule has 120 valence electrons. The molecule has 5 heteroatoms. The molecule has 2 N–H and O–H groups in total. The van der Waals surface area contributed by atoms with Crippen LogP contribution in [0.1, 0.15) is 31.9 Å². The Balaban J connectivity index is 2.19. The van der Waals surface area contributed by atoms with Crippen molar-refractivity contribution in [1.82, 2.24) is 5.32 Å². The van der Waals surface area contributed by atoms with Gasteiger partial charge in [-0.05, 0) is 25.8 Å². The van der Waals surface area contributed by atoms with Crippen molar-refractivity contribution in [3.8, 4) is 0 Å². The Morgan fingerprint density at radius 1 is 1.29 bits per heavy atom. The van der Waals surface area contributed by atoms with Crippen LogP contribution < -0.4 is 5.32 Å². The molecule has 1 aromatic carbocycles. The number of ether oxygens (including phenoxy) is 1. The number of hydrogen-bond donors (Lipinski definition) is 2. The van der Waals surface area contributed by atoms with Crippen LogP contribution in [0, 0.1) is 0 Å². The zero-order valence-corrected chi connectivity index (χ0v) is 13.9. The average Bonchev–Trinajstić information content (AvgIpc) is 2.49. The molecule has 21 heavy (non-hydrogen) atoms. The Bertz CT molecular complexity index is 413. The Morgan fingerprint density at radius 2 is 1.95 bits per heavy atom. The van der Waals surface area contributed by atoms with Crippen molar-refractivity contribution < 1.29 is 14.1 Å². The molecule has 0 aliphatic carbocycles. The Hall–Kier alpha value is -0.750. The van der Waals surface area contributed by atoms with E-state index in [2.05, 4.69) is 5.32 Å². The second kappa shape index (κ2) is 10.1. The van der Waals surface area contributed by atoms with Crippen LogP contribution >= 0.6 is 0 Å². The predicted molar refractivity (Wildman–Crippen MR) is 87.8 cm³/mol. The molecular formula is C16H27NO3S. The van der Waals surface area contributed by atoms with Crippen molar-refractivity contribution in [3.05, 3.63) is 35.9 Å². The Morgan fingerprint density at radius 3 is 2.57 bits per heavy atom. The molecule has 1 aromatic rings. The van der Waals surface area contributed by atoms with E-state index >= 15 is 0 Å². The lowest BCUT2D eigenvalue weighted by molar-refractivity contribution is -0.00275. The Kier molecular flexibility index (Phi) is 8.76. The maximum atomic E-state index is 11.0. The van der Waals surface area contributed by atoms with Gasteiger partial charge in [0.25, 0.3) is 0 Å². The fraction of sp³-hybridized carbons (Fsp3) is 0.625. The molecule has 1 rings (SSSR count). The zero-order valence-electron chi connectivity index (χ0n) is 13.1. The van der Waals surface area contributed by atoms with Crippen LogP contribution in [0.4, 0.5) is 0 Å². The molecular weight excluding hydrogens is 286 g/mol. The van der Waals surface area contributed by atoms with E-state index < -0.39 is 16.9 Å².